The lowest BCUT2D eigenvalue weighted by atomic mass is 9.94. The molecule has 0 radical (unpaired) electrons. The number of alkyl halides is 3. The average Bonchev–Trinajstić information content (AvgIpc) is 3.65. The summed E-state index contributed by atoms with van der Waals surface area (Å²) in [7, 11) is 0. The predicted octanol–water partition coefficient (Wildman–Crippen LogP) is 6.06. The zero-order chi connectivity index (χ0) is 28.3. The summed E-state index contributed by atoms with van der Waals surface area (Å²) in [5, 5.41) is 5.78. The molecule has 6 nitrogen and oxygen atoms in total. The van der Waals surface area contributed by atoms with Gasteiger partial charge in [0, 0.05) is 42.5 Å². The lowest BCUT2D eigenvalue weighted by molar-refractivity contribution is -0.137. The fourth-order valence-corrected chi connectivity index (χ4v) is 6.65. The molecular weight excluding hydrogens is 537 g/mol. The highest BCUT2D eigenvalue weighted by Gasteiger charge is 2.31. The number of hydrogen-bond donors (Lipinski definition) is 1. The van der Waals surface area contributed by atoms with Gasteiger partial charge in [0.2, 0.25) is 0 Å². The van der Waals surface area contributed by atoms with E-state index < -0.39 is 11.7 Å². The normalized spacial score (nSPS) is 18.7. The van der Waals surface area contributed by atoms with Gasteiger partial charge in [-0.3, -0.25) is 14.5 Å². The van der Waals surface area contributed by atoms with E-state index in [9.17, 15) is 22.8 Å². The smallest absolute Gasteiger partial charge is 0.349 e. The molecule has 2 amide bonds. The van der Waals surface area contributed by atoms with Crippen molar-refractivity contribution in [3.05, 3.63) is 75.7 Å². The highest BCUT2D eigenvalue weighted by atomic mass is 32.1. The first kappa shape index (κ1) is 28.3. The van der Waals surface area contributed by atoms with Crippen LogP contribution in [0.15, 0.2) is 53.9 Å². The van der Waals surface area contributed by atoms with E-state index in [0.717, 1.165) is 55.9 Å². The van der Waals surface area contributed by atoms with Gasteiger partial charge in [-0.25, -0.2) is 4.98 Å². The zero-order valence-electron chi connectivity index (χ0n) is 22.4. The summed E-state index contributed by atoms with van der Waals surface area (Å²) in [6.07, 6.45) is -0.682. The number of nitrogens with zero attached hydrogens (tertiary/aromatic N) is 3. The third-order valence-corrected chi connectivity index (χ3v) is 8.98. The number of likely N-dealkylation sites (N-methyl/N-ethyl adjacent to an activating group) is 1. The Morgan fingerprint density at radius 3 is 2.45 bits per heavy atom. The van der Waals surface area contributed by atoms with Crippen molar-refractivity contribution in [3.63, 3.8) is 0 Å². The van der Waals surface area contributed by atoms with Gasteiger partial charge in [-0.15, -0.1) is 11.3 Å². The van der Waals surface area contributed by atoms with E-state index in [1.165, 1.54) is 23.5 Å². The van der Waals surface area contributed by atoms with Gasteiger partial charge in [-0.1, -0.05) is 37.3 Å². The van der Waals surface area contributed by atoms with Gasteiger partial charge in [0.15, 0.2) is 0 Å². The minimum Gasteiger partial charge on any atom is -0.349 e. The number of hydrogen-bond acceptors (Lipinski definition) is 5. The van der Waals surface area contributed by atoms with E-state index in [4.69, 9.17) is 0 Å². The fourth-order valence-electron chi connectivity index (χ4n) is 5.68. The third-order valence-electron chi connectivity index (χ3n) is 7.97. The molecule has 1 aromatic heterocycles. The largest absolute Gasteiger partial charge is 0.416 e. The van der Waals surface area contributed by atoms with Crippen LogP contribution in [0.3, 0.4) is 0 Å². The Balaban J connectivity index is 1.19. The Morgan fingerprint density at radius 2 is 1.75 bits per heavy atom. The quantitative estimate of drug-likeness (QED) is 0.375. The van der Waals surface area contributed by atoms with Crippen LogP contribution < -0.4 is 5.32 Å². The van der Waals surface area contributed by atoms with Crippen molar-refractivity contribution in [2.45, 2.75) is 50.7 Å². The maximum Gasteiger partial charge on any atom is 0.416 e. The Bertz CT molecular complexity index is 1330. The Morgan fingerprint density at radius 1 is 1.02 bits per heavy atom. The number of aromatic nitrogens is 1. The lowest BCUT2D eigenvalue weighted by Crippen LogP contribution is -2.40. The van der Waals surface area contributed by atoms with E-state index in [1.54, 1.807) is 29.2 Å². The van der Waals surface area contributed by atoms with Crippen LogP contribution in [0.25, 0.3) is 11.1 Å². The standard InChI is InChI=1S/C30H33F3N4O2S/c1-2-36-15-5-6-23(36)18-34-27(38)26-19-40-28(35-26)21-13-16-37(17-14-21)29(39)25-8-4-3-7-24(25)20-9-11-22(12-10-20)30(31,32)33/h3-4,7-12,19,21,23H,2,5-6,13-18H2,1H3,(H,34,38). The number of rotatable bonds is 7. The summed E-state index contributed by atoms with van der Waals surface area (Å²) in [5.41, 5.74) is 1.37. The molecule has 3 aromatic rings. The van der Waals surface area contributed by atoms with E-state index in [-0.39, 0.29) is 17.7 Å². The second kappa shape index (κ2) is 12.1. The van der Waals surface area contributed by atoms with E-state index in [2.05, 4.69) is 22.1 Å². The molecule has 2 aliphatic heterocycles. The Labute approximate surface area is 236 Å². The molecule has 0 saturated carbocycles. The highest BCUT2D eigenvalue weighted by Crippen LogP contribution is 2.34. The molecule has 0 aliphatic carbocycles. The van der Waals surface area contributed by atoms with Gasteiger partial charge in [-0.2, -0.15) is 13.2 Å². The zero-order valence-corrected chi connectivity index (χ0v) is 23.2. The van der Waals surface area contributed by atoms with Crippen molar-refractivity contribution >= 4 is 23.2 Å². The summed E-state index contributed by atoms with van der Waals surface area (Å²) in [4.78, 5) is 35.0. The number of nitrogens with one attached hydrogen (secondary N) is 1. The molecule has 2 saturated heterocycles. The summed E-state index contributed by atoms with van der Waals surface area (Å²) in [5.74, 6) is -0.106. The van der Waals surface area contributed by atoms with Crippen LogP contribution in [-0.4, -0.2) is 65.4 Å². The van der Waals surface area contributed by atoms with Crippen LogP contribution in [0.5, 0.6) is 0 Å². The molecule has 1 atom stereocenters. The van der Waals surface area contributed by atoms with E-state index in [1.807, 2.05) is 5.38 Å². The average molecular weight is 571 g/mol. The number of likely N-dealkylation sites (tertiary alicyclic amines) is 2. The maximum atomic E-state index is 13.5. The molecule has 3 heterocycles. The second-order valence-corrected chi connectivity index (χ2v) is 11.3. The first-order valence-electron chi connectivity index (χ1n) is 13.8. The topological polar surface area (TPSA) is 65.5 Å². The van der Waals surface area contributed by atoms with Gasteiger partial charge in [0.25, 0.3) is 11.8 Å². The fraction of sp³-hybridized carbons (Fsp3) is 0.433. The number of piperidine rings is 1. The monoisotopic (exact) mass is 570 g/mol. The minimum absolute atomic E-state index is 0.138. The summed E-state index contributed by atoms with van der Waals surface area (Å²) in [6, 6.07) is 12.3. The van der Waals surface area contributed by atoms with Crippen LogP contribution in [0.2, 0.25) is 0 Å². The van der Waals surface area contributed by atoms with E-state index >= 15 is 0 Å². The summed E-state index contributed by atoms with van der Waals surface area (Å²) >= 11 is 1.49. The highest BCUT2D eigenvalue weighted by molar-refractivity contribution is 7.09. The van der Waals surface area contributed by atoms with Gasteiger partial charge in [0.05, 0.1) is 10.6 Å². The number of thiazole rings is 1. The van der Waals surface area contributed by atoms with Crippen molar-refractivity contribution in [1.82, 2.24) is 20.1 Å². The molecule has 0 bridgehead atoms. The van der Waals surface area contributed by atoms with E-state index in [0.29, 0.717) is 48.1 Å². The molecule has 5 rings (SSSR count). The molecule has 212 valence electrons. The number of amides is 2. The number of halogens is 3. The second-order valence-electron chi connectivity index (χ2n) is 10.4. The van der Waals surface area contributed by atoms with Gasteiger partial charge in [0.1, 0.15) is 5.69 Å². The minimum atomic E-state index is -4.41. The molecule has 2 aliphatic rings. The van der Waals surface area contributed by atoms with Crippen molar-refractivity contribution in [1.29, 1.82) is 0 Å². The summed E-state index contributed by atoms with van der Waals surface area (Å²) < 4.78 is 39.0. The number of carbonyl (C=O) groups is 2. The molecule has 0 spiro atoms. The van der Waals surface area contributed by atoms with Crippen molar-refractivity contribution in [3.8, 4) is 11.1 Å². The maximum absolute atomic E-state index is 13.5. The lowest BCUT2D eigenvalue weighted by Gasteiger charge is -2.31. The van der Waals surface area contributed by atoms with Gasteiger partial charge >= 0.3 is 6.18 Å². The van der Waals surface area contributed by atoms with Crippen molar-refractivity contribution in [2.75, 3.05) is 32.7 Å². The van der Waals surface area contributed by atoms with Crippen LogP contribution in [-0.2, 0) is 6.18 Å². The Hall–Kier alpha value is -3.24. The molecule has 1 N–H and O–H groups in total. The van der Waals surface area contributed by atoms with Crippen molar-refractivity contribution < 1.29 is 22.8 Å². The molecule has 10 heteroatoms. The van der Waals surface area contributed by atoms with Crippen LogP contribution in [0, 0.1) is 0 Å². The summed E-state index contributed by atoms with van der Waals surface area (Å²) in [6.45, 7) is 5.93. The van der Waals surface area contributed by atoms with Gasteiger partial charge < -0.3 is 10.2 Å². The van der Waals surface area contributed by atoms with Crippen molar-refractivity contribution in [2.24, 2.45) is 0 Å². The van der Waals surface area contributed by atoms with Crippen LogP contribution in [0.4, 0.5) is 13.2 Å². The molecule has 40 heavy (non-hydrogen) atoms. The third kappa shape index (κ3) is 6.23. The molecule has 2 aromatic carbocycles. The van der Waals surface area contributed by atoms with Gasteiger partial charge in [-0.05, 0) is 68.1 Å². The number of carbonyl (C=O) groups excluding carboxylic acids is 2. The molecular formula is C30H33F3N4O2S. The predicted molar refractivity (Wildman–Crippen MR) is 149 cm³/mol. The van der Waals surface area contributed by atoms with Crippen LogP contribution >= 0.6 is 11.3 Å². The SMILES string of the molecule is CCN1CCCC1CNC(=O)c1csc(C2CCN(C(=O)c3ccccc3-c3ccc(C(F)(F)F)cc3)CC2)n1. The molecule has 1 unspecified atom stereocenters. The molecule has 2 fully saturated rings. The first-order chi connectivity index (χ1) is 19.2. The number of benzene rings is 2. The Kier molecular flexibility index (Phi) is 8.56. The first-order valence-corrected chi connectivity index (χ1v) is 14.7. The van der Waals surface area contributed by atoms with Crippen LogP contribution in [0.1, 0.15) is 69.9 Å².